The Labute approximate surface area is 102 Å². The normalized spacial score (nSPS) is 12.9. The molecule has 0 saturated heterocycles. The van der Waals surface area contributed by atoms with Crippen LogP contribution in [0.4, 0.5) is 0 Å². The number of nitrogens with one attached hydrogen (secondary N) is 1. The van der Waals surface area contributed by atoms with E-state index in [1.54, 1.807) is 0 Å². The highest BCUT2D eigenvalue weighted by molar-refractivity contribution is 7.99. The zero-order chi connectivity index (χ0) is 10.9. The first kappa shape index (κ1) is 13.1. The van der Waals surface area contributed by atoms with Gasteiger partial charge < -0.3 is 5.32 Å². The first-order valence-electron chi connectivity index (χ1n) is 5.70. The third-order valence-corrected chi connectivity index (χ3v) is 4.42. The van der Waals surface area contributed by atoms with Crippen LogP contribution in [0, 0.1) is 0 Å². The second kappa shape index (κ2) is 8.20. The molecule has 0 amide bonds. The average Bonchev–Trinajstić information content (AvgIpc) is 2.71. The number of hydrogen-bond acceptors (Lipinski definition) is 3. The van der Waals surface area contributed by atoms with Crippen molar-refractivity contribution in [3.8, 4) is 0 Å². The maximum absolute atomic E-state index is 3.57. The summed E-state index contributed by atoms with van der Waals surface area (Å²) in [6, 6.07) is 5.02. The highest BCUT2D eigenvalue weighted by Gasteiger charge is 2.08. The topological polar surface area (TPSA) is 12.0 Å². The van der Waals surface area contributed by atoms with Crippen molar-refractivity contribution in [2.24, 2.45) is 0 Å². The van der Waals surface area contributed by atoms with Gasteiger partial charge >= 0.3 is 0 Å². The Balaban J connectivity index is 2.29. The lowest BCUT2D eigenvalue weighted by Crippen LogP contribution is -2.33. The van der Waals surface area contributed by atoms with Gasteiger partial charge in [0, 0.05) is 16.7 Å². The number of hydrogen-bond donors (Lipinski definition) is 1. The molecule has 0 aliphatic heterocycles. The van der Waals surface area contributed by atoms with Gasteiger partial charge in [-0.05, 0) is 36.6 Å². The summed E-state index contributed by atoms with van der Waals surface area (Å²) in [5.41, 5.74) is 0. The lowest BCUT2D eigenvalue weighted by atomic mass is 10.2. The molecule has 1 atom stereocenters. The van der Waals surface area contributed by atoms with E-state index >= 15 is 0 Å². The molecule has 0 saturated carbocycles. The van der Waals surface area contributed by atoms with Gasteiger partial charge in [0.05, 0.1) is 0 Å². The predicted octanol–water partition coefficient (Wildman–Crippen LogP) is 3.41. The average molecular weight is 243 g/mol. The third kappa shape index (κ3) is 5.59. The Morgan fingerprint density at radius 3 is 2.93 bits per heavy atom. The van der Waals surface area contributed by atoms with Gasteiger partial charge in [-0.15, -0.1) is 11.3 Å². The van der Waals surface area contributed by atoms with Crippen LogP contribution in [0.1, 0.15) is 25.1 Å². The lowest BCUT2D eigenvalue weighted by molar-refractivity contribution is 0.576. The Hall–Kier alpha value is 0.01000. The zero-order valence-electron chi connectivity index (χ0n) is 9.66. The van der Waals surface area contributed by atoms with Crippen molar-refractivity contribution in [1.29, 1.82) is 0 Å². The van der Waals surface area contributed by atoms with E-state index in [1.807, 2.05) is 11.3 Å². The molecule has 1 unspecified atom stereocenters. The van der Waals surface area contributed by atoms with E-state index in [0.717, 1.165) is 6.54 Å². The van der Waals surface area contributed by atoms with E-state index in [4.69, 9.17) is 0 Å². The minimum Gasteiger partial charge on any atom is -0.313 e. The van der Waals surface area contributed by atoms with Crippen LogP contribution < -0.4 is 5.32 Å². The second-order valence-corrected chi connectivity index (χ2v) is 5.80. The molecular formula is C12H21NS2. The molecule has 1 rings (SSSR count). The van der Waals surface area contributed by atoms with Crippen molar-refractivity contribution in [1.82, 2.24) is 5.32 Å². The quantitative estimate of drug-likeness (QED) is 0.702. The van der Waals surface area contributed by atoms with E-state index in [2.05, 4.69) is 48.4 Å². The maximum atomic E-state index is 3.57. The van der Waals surface area contributed by atoms with E-state index in [1.165, 1.54) is 29.2 Å². The number of rotatable bonds is 8. The van der Waals surface area contributed by atoms with Crippen LogP contribution in [0.15, 0.2) is 17.5 Å². The standard InChI is InChI=1S/C12H21NS2/c1-3-7-14-10-11(13-4-2)9-12-6-5-8-15-12/h5-6,8,11,13H,3-4,7,9-10H2,1-2H3. The number of thiophene rings is 1. The van der Waals surface area contributed by atoms with Crippen LogP contribution in [0.2, 0.25) is 0 Å². The molecule has 0 spiro atoms. The van der Waals surface area contributed by atoms with Gasteiger partial charge in [-0.2, -0.15) is 11.8 Å². The highest BCUT2D eigenvalue weighted by Crippen LogP contribution is 2.14. The first-order chi connectivity index (χ1) is 7.36. The van der Waals surface area contributed by atoms with E-state index in [-0.39, 0.29) is 0 Å². The van der Waals surface area contributed by atoms with Crippen molar-refractivity contribution >= 4 is 23.1 Å². The molecule has 1 N–H and O–H groups in total. The summed E-state index contributed by atoms with van der Waals surface area (Å²) in [6.45, 7) is 5.50. The molecule has 3 heteroatoms. The minimum absolute atomic E-state index is 0.644. The summed E-state index contributed by atoms with van der Waals surface area (Å²) in [5, 5.41) is 5.73. The van der Waals surface area contributed by atoms with Gasteiger partial charge in [0.25, 0.3) is 0 Å². The van der Waals surface area contributed by atoms with E-state index in [9.17, 15) is 0 Å². The fraction of sp³-hybridized carbons (Fsp3) is 0.667. The molecule has 1 aromatic heterocycles. The zero-order valence-corrected chi connectivity index (χ0v) is 11.3. The summed E-state index contributed by atoms with van der Waals surface area (Å²) in [7, 11) is 0. The molecule has 0 aromatic carbocycles. The van der Waals surface area contributed by atoms with Gasteiger partial charge in [0.15, 0.2) is 0 Å². The molecule has 86 valence electrons. The molecule has 0 radical (unpaired) electrons. The molecule has 0 aliphatic carbocycles. The van der Waals surface area contributed by atoms with Crippen LogP contribution in [-0.2, 0) is 6.42 Å². The Kier molecular flexibility index (Phi) is 7.14. The smallest absolute Gasteiger partial charge is 0.0206 e. The van der Waals surface area contributed by atoms with Crippen molar-refractivity contribution in [3.63, 3.8) is 0 Å². The molecular weight excluding hydrogens is 222 g/mol. The Morgan fingerprint density at radius 2 is 2.33 bits per heavy atom. The highest BCUT2D eigenvalue weighted by atomic mass is 32.2. The van der Waals surface area contributed by atoms with Gasteiger partial charge in [-0.25, -0.2) is 0 Å². The monoisotopic (exact) mass is 243 g/mol. The summed E-state index contributed by atoms with van der Waals surface area (Å²) >= 11 is 3.93. The van der Waals surface area contributed by atoms with Crippen molar-refractivity contribution in [2.75, 3.05) is 18.1 Å². The molecule has 15 heavy (non-hydrogen) atoms. The summed E-state index contributed by atoms with van der Waals surface area (Å²) < 4.78 is 0. The van der Waals surface area contributed by atoms with Crippen LogP contribution in [0.25, 0.3) is 0 Å². The molecule has 0 aliphatic rings. The van der Waals surface area contributed by atoms with Gasteiger partial charge in [-0.1, -0.05) is 19.9 Å². The molecule has 0 fully saturated rings. The van der Waals surface area contributed by atoms with Crippen LogP contribution in [0.5, 0.6) is 0 Å². The van der Waals surface area contributed by atoms with Crippen molar-refractivity contribution < 1.29 is 0 Å². The summed E-state index contributed by atoms with van der Waals surface area (Å²) in [5.74, 6) is 2.52. The second-order valence-electron chi connectivity index (χ2n) is 3.61. The van der Waals surface area contributed by atoms with Gasteiger partial charge in [-0.3, -0.25) is 0 Å². The van der Waals surface area contributed by atoms with Crippen LogP contribution in [-0.4, -0.2) is 24.1 Å². The molecule has 1 heterocycles. The van der Waals surface area contributed by atoms with E-state index in [0.29, 0.717) is 6.04 Å². The molecule has 0 bridgehead atoms. The van der Waals surface area contributed by atoms with E-state index < -0.39 is 0 Å². The fourth-order valence-electron chi connectivity index (χ4n) is 1.52. The first-order valence-corrected chi connectivity index (χ1v) is 7.73. The Bertz CT molecular complexity index is 234. The maximum Gasteiger partial charge on any atom is 0.0206 e. The SMILES string of the molecule is CCCSCC(Cc1cccs1)NCC. The van der Waals surface area contributed by atoms with Crippen molar-refractivity contribution in [3.05, 3.63) is 22.4 Å². The number of likely N-dealkylation sites (N-methyl/N-ethyl adjacent to an activating group) is 1. The Morgan fingerprint density at radius 1 is 1.47 bits per heavy atom. The molecule has 1 aromatic rings. The van der Waals surface area contributed by atoms with Crippen LogP contribution in [0.3, 0.4) is 0 Å². The summed E-state index contributed by atoms with van der Waals surface area (Å²) in [6.07, 6.45) is 2.46. The third-order valence-electron chi connectivity index (χ3n) is 2.19. The van der Waals surface area contributed by atoms with Gasteiger partial charge in [0.2, 0.25) is 0 Å². The predicted molar refractivity (Wildman–Crippen MR) is 73.1 cm³/mol. The molecule has 1 nitrogen and oxygen atoms in total. The fourth-order valence-corrected chi connectivity index (χ4v) is 3.28. The van der Waals surface area contributed by atoms with Gasteiger partial charge in [0.1, 0.15) is 0 Å². The number of thioether (sulfide) groups is 1. The largest absolute Gasteiger partial charge is 0.313 e. The van der Waals surface area contributed by atoms with Crippen molar-refractivity contribution in [2.45, 2.75) is 32.7 Å². The minimum atomic E-state index is 0.644. The lowest BCUT2D eigenvalue weighted by Gasteiger charge is -2.16. The van der Waals surface area contributed by atoms with Crippen LogP contribution >= 0.6 is 23.1 Å². The summed E-state index contributed by atoms with van der Waals surface area (Å²) in [4.78, 5) is 1.50.